The molecule has 0 atom stereocenters. The van der Waals surface area contributed by atoms with Crippen LogP contribution in [0.25, 0.3) is 10.8 Å². The van der Waals surface area contributed by atoms with Crippen molar-refractivity contribution >= 4 is 40.0 Å². The van der Waals surface area contributed by atoms with E-state index in [0.717, 1.165) is 16.5 Å². The van der Waals surface area contributed by atoms with Crippen molar-refractivity contribution in [3.63, 3.8) is 0 Å². The molecule has 4 N–H and O–H groups in total. The topological polar surface area (TPSA) is 103 Å². The van der Waals surface area contributed by atoms with E-state index < -0.39 is 0 Å². The fourth-order valence-corrected chi connectivity index (χ4v) is 2.72. The number of hydrogen-bond acceptors (Lipinski definition) is 7. The summed E-state index contributed by atoms with van der Waals surface area (Å²) in [6.07, 6.45) is 3.90. The predicted octanol–water partition coefficient (Wildman–Crippen LogP) is 5.30. The van der Waals surface area contributed by atoms with Crippen molar-refractivity contribution in [3.05, 3.63) is 65.3 Å². The van der Waals surface area contributed by atoms with Gasteiger partial charge in [0.05, 0.1) is 5.76 Å². The quantitative estimate of drug-likeness (QED) is 0.330. The summed E-state index contributed by atoms with van der Waals surface area (Å²) < 4.78 is 0. The van der Waals surface area contributed by atoms with Crippen LogP contribution in [0, 0.1) is 0 Å². The monoisotopic (exact) mass is 397 g/mol. The highest BCUT2D eigenvalue weighted by Gasteiger charge is 2.09. The minimum atomic E-state index is 0.0250. The van der Waals surface area contributed by atoms with E-state index in [1.54, 1.807) is 24.3 Å². The average Bonchev–Trinajstić information content (AvgIpc) is 2.66. The SMILES string of the molecule is C/C=C(\C=C(\O)CC)Nc1nc(Cl)nc(Nc2cccc3cc(O)ccc23)n1. The lowest BCUT2D eigenvalue weighted by Crippen LogP contribution is -2.07. The van der Waals surface area contributed by atoms with Crippen molar-refractivity contribution in [2.75, 3.05) is 10.6 Å². The van der Waals surface area contributed by atoms with Crippen LogP contribution in [0.15, 0.2) is 60.0 Å². The van der Waals surface area contributed by atoms with E-state index in [-0.39, 0.29) is 28.7 Å². The van der Waals surface area contributed by atoms with Gasteiger partial charge in [-0.1, -0.05) is 25.1 Å². The number of nitrogens with zero attached hydrogens (tertiary/aromatic N) is 3. The summed E-state index contributed by atoms with van der Waals surface area (Å²) in [4.78, 5) is 12.5. The lowest BCUT2D eigenvalue weighted by Gasteiger charge is -2.11. The van der Waals surface area contributed by atoms with Gasteiger partial charge in [-0.25, -0.2) is 0 Å². The van der Waals surface area contributed by atoms with Gasteiger partial charge in [0.25, 0.3) is 0 Å². The maximum absolute atomic E-state index is 9.73. The minimum Gasteiger partial charge on any atom is -0.512 e. The Balaban J connectivity index is 1.90. The molecule has 8 heteroatoms. The first-order valence-electron chi connectivity index (χ1n) is 8.71. The third kappa shape index (κ3) is 4.69. The lowest BCUT2D eigenvalue weighted by atomic mass is 10.1. The van der Waals surface area contributed by atoms with E-state index in [1.165, 1.54) is 0 Å². The number of phenolic OH excluding ortho intramolecular Hbond substituents is 1. The van der Waals surface area contributed by atoms with E-state index in [1.807, 2.05) is 38.1 Å². The van der Waals surface area contributed by atoms with E-state index in [0.29, 0.717) is 12.1 Å². The zero-order chi connectivity index (χ0) is 20.1. The van der Waals surface area contributed by atoms with E-state index in [4.69, 9.17) is 11.6 Å². The van der Waals surface area contributed by atoms with Crippen LogP contribution in [0.1, 0.15) is 20.3 Å². The molecule has 1 aromatic heterocycles. The van der Waals surface area contributed by atoms with Gasteiger partial charge in [0, 0.05) is 23.2 Å². The number of aromatic hydroxyl groups is 1. The van der Waals surface area contributed by atoms with Gasteiger partial charge in [-0.3, -0.25) is 0 Å². The summed E-state index contributed by atoms with van der Waals surface area (Å²) in [6.45, 7) is 3.68. The number of halogens is 1. The van der Waals surface area contributed by atoms with Crippen LogP contribution in [0.4, 0.5) is 17.6 Å². The molecule has 2 aromatic carbocycles. The summed E-state index contributed by atoms with van der Waals surface area (Å²) in [5.41, 5.74) is 1.40. The van der Waals surface area contributed by atoms with E-state index in [2.05, 4.69) is 25.6 Å². The largest absolute Gasteiger partial charge is 0.512 e. The maximum Gasteiger partial charge on any atom is 0.233 e. The minimum absolute atomic E-state index is 0.0250. The zero-order valence-electron chi connectivity index (χ0n) is 15.4. The number of fused-ring (bicyclic) bond motifs is 1. The average molecular weight is 398 g/mol. The Hall–Kier alpha value is -3.32. The van der Waals surface area contributed by atoms with Gasteiger partial charge >= 0.3 is 0 Å². The first-order chi connectivity index (χ1) is 13.5. The van der Waals surface area contributed by atoms with Crippen LogP contribution >= 0.6 is 11.6 Å². The second-order valence-corrected chi connectivity index (χ2v) is 6.28. The normalized spacial score (nSPS) is 12.2. The molecule has 0 fully saturated rings. The summed E-state index contributed by atoms with van der Waals surface area (Å²) in [6, 6.07) is 10.8. The number of nitrogens with one attached hydrogen (secondary N) is 2. The van der Waals surface area contributed by atoms with Gasteiger partial charge in [-0.05, 0) is 54.3 Å². The van der Waals surface area contributed by atoms with Gasteiger partial charge in [0.15, 0.2) is 0 Å². The van der Waals surface area contributed by atoms with E-state index in [9.17, 15) is 10.2 Å². The number of hydrogen-bond donors (Lipinski definition) is 4. The molecule has 0 radical (unpaired) electrons. The van der Waals surface area contributed by atoms with Crippen molar-refractivity contribution < 1.29 is 10.2 Å². The van der Waals surface area contributed by atoms with Gasteiger partial charge in [-0.15, -0.1) is 0 Å². The molecule has 0 aliphatic carbocycles. The second-order valence-electron chi connectivity index (χ2n) is 5.95. The van der Waals surface area contributed by atoms with Crippen molar-refractivity contribution in [1.29, 1.82) is 0 Å². The number of aromatic nitrogens is 3. The van der Waals surface area contributed by atoms with Crippen LogP contribution in [0.5, 0.6) is 5.75 Å². The molecule has 0 spiro atoms. The van der Waals surface area contributed by atoms with Gasteiger partial charge in [-0.2, -0.15) is 15.0 Å². The van der Waals surface area contributed by atoms with Gasteiger partial charge < -0.3 is 20.8 Å². The zero-order valence-corrected chi connectivity index (χ0v) is 16.2. The number of benzene rings is 2. The molecule has 3 rings (SSSR count). The highest BCUT2D eigenvalue weighted by molar-refractivity contribution is 6.28. The number of phenols is 1. The highest BCUT2D eigenvalue weighted by atomic mass is 35.5. The molecule has 0 bridgehead atoms. The highest BCUT2D eigenvalue weighted by Crippen LogP contribution is 2.28. The molecule has 0 amide bonds. The first-order valence-corrected chi connectivity index (χ1v) is 9.09. The van der Waals surface area contributed by atoms with E-state index >= 15 is 0 Å². The van der Waals surface area contributed by atoms with Crippen molar-refractivity contribution in [3.8, 4) is 5.75 Å². The summed E-state index contributed by atoms with van der Waals surface area (Å²) in [5, 5.41) is 27.3. The molecule has 0 aliphatic heterocycles. The Morgan fingerprint density at radius 1 is 1.14 bits per heavy atom. The molecular weight excluding hydrogens is 378 g/mol. The van der Waals surface area contributed by atoms with Crippen LogP contribution < -0.4 is 10.6 Å². The molecule has 7 nitrogen and oxygen atoms in total. The summed E-state index contributed by atoms with van der Waals surface area (Å²) in [5.74, 6) is 0.940. The van der Waals surface area contributed by atoms with Gasteiger partial charge in [0.1, 0.15) is 5.75 Å². The first kappa shape index (κ1) is 19.4. The Bertz CT molecular complexity index is 1070. The Morgan fingerprint density at radius 2 is 1.93 bits per heavy atom. The number of aliphatic hydroxyl groups is 1. The van der Waals surface area contributed by atoms with Crippen molar-refractivity contribution in [1.82, 2.24) is 15.0 Å². The molecule has 28 heavy (non-hydrogen) atoms. The van der Waals surface area contributed by atoms with Crippen molar-refractivity contribution in [2.45, 2.75) is 20.3 Å². The molecule has 0 aliphatic rings. The lowest BCUT2D eigenvalue weighted by molar-refractivity contribution is 0.394. The number of aliphatic hydroxyl groups excluding tert-OH is 1. The fourth-order valence-electron chi connectivity index (χ4n) is 2.56. The molecular formula is C20H20ClN5O2. The standard InChI is InChI=1S/C20H20ClN5O2/c1-3-13(11-14(27)4-2)22-19-24-18(21)25-20(26-19)23-17-7-5-6-12-10-15(28)8-9-16(12)17/h3,5-11,27-28H,4H2,1-2H3,(H2,22,23,24,25,26)/b13-3+,14-11+. The number of allylic oxidation sites excluding steroid dienone is 3. The Kier molecular flexibility index (Phi) is 5.96. The second kappa shape index (κ2) is 8.58. The van der Waals surface area contributed by atoms with Crippen molar-refractivity contribution in [2.24, 2.45) is 0 Å². The van der Waals surface area contributed by atoms with Crippen LogP contribution in [-0.4, -0.2) is 25.2 Å². The third-order valence-electron chi connectivity index (χ3n) is 3.97. The molecule has 144 valence electrons. The van der Waals surface area contributed by atoms with Crippen LogP contribution in [-0.2, 0) is 0 Å². The fraction of sp³-hybridized carbons (Fsp3) is 0.150. The van der Waals surface area contributed by atoms with Crippen LogP contribution in [0.3, 0.4) is 0 Å². The number of rotatable bonds is 6. The third-order valence-corrected chi connectivity index (χ3v) is 4.14. The molecule has 1 heterocycles. The van der Waals surface area contributed by atoms with Gasteiger partial charge in [0.2, 0.25) is 17.2 Å². The molecule has 0 saturated heterocycles. The molecule has 3 aromatic rings. The summed E-state index contributed by atoms with van der Waals surface area (Å²) in [7, 11) is 0. The molecule has 0 unspecified atom stereocenters. The van der Waals surface area contributed by atoms with Crippen LogP contribution in [0.2, 0.25) is 5.28 Å². The maximum atomic E-state index is 9.73. The number of anilines is 3. The Morgan fingerprint density at radius 3 is 2.68 bits per heavy atom. The summed E-state index contributed by atoms with van der Waals surface area (Å²) >= 11 is 6.06. The Labute approximate surface area is 167 Å². The predicted molar refractivity (Wildman–Crippen MR) is 112 cm³/mol. The smallest absolute Gasteiger partial charge is 0.233 e. The molecule has 0 saturated carbocycles.